The van der Waals surface area contributed by atoms with Gasteiger partial charge in [-0.3, -0.25) is 9.59 Å². The van der Waals surface area contributed by atoms with Crippen molar-refractivity contribution in [3.05, 3.63) is 24.3 Å². The van der Waals surface area contributed by atoms with Crippen LogP contribution in [0.25, 0.3) is 0 Å². The first-order valence-electron chi connectivity index (χ1n) is 6.85. The summed E-state index contributed by atoms with van der Waals surface area (Å²) >= 11 is 0. The predicted octanol–water partition coefficient (Wildman–Crippen LogP) is 2.41. The average Bonchev–Trinajstić information content (AvgIpc) is 2.52. The average molecular weight is 258 g/mol. The molecule has 0 unspecified atom stereocenters. The Balaban J connectivity index is 1.89. The highest BCUT2D eigenvalue weighted by Crippen LogP contribution is 2.37. The van der Waals surface area contributed by atoms with Crippen LogP contribution in [0.5, 0.6) is 0 Å². The number of para-hydroxylation sites is 2. The SMILES string of the molecule is CC1CC(C(=O)N2CCC(=O)Nc3ccccc32)C1. The maximum atomic E-state index is 12.5. The third-order valence-corrected chi connectivity index (χ3v) is 4.02. The molecule has 1 aliphatic carbocycles. The number of nitrogens with one attached hydrogen (secondary N) is 1. The molecule has 0 saturated heterocycles. The Kier molecular flexibility index (Phi) is 3.01. The summed E-state index contributed by atoms with van der Waals surface area (Å²) in [5, 5.41) is 2.86. The molecule has 0 aromatic heterocycles. The van der Waals surface area contributed by atoms with Crippen LogP contribution >= 0.6 is 0 Å². The van der Waals surface area contributed by atoms with E-state index in [2.05, 4.69) is 12.2 Å². The highest BCUT2D eigenvalue weighted by molar-refractivity contribution is 6.04. The van der Waals surface area contributed by atoms with E-state index in [1.807, 2.05) is 24.3 Å². The summed E-state index contributed by atoms with van der Waals surface area (Å²) in [5.41, 5.74) is 1.57. The van der Waals surface area contributed by atoms with Crippen LogP contribution in [0, 0.1) is 11.8 Å². The quantitative estimate of drug-likeness (QED) is 0.841. The van der Waals surface area contributed by atoms with Gasteiger partial charge < -0.3 is 10.2 Å². The minimum atomic E-state index is -0.0234. The molecule has 1 saturated carbocycles. The zero-order valence-electron chi connectivity index (χ0n) is 11.1. The lowest BCUT2D eigenvalue weighted by Crippen LogP contribution is -2.41. The van der Waals surface area contributed by atoms with Crippen molar-refractivity contribution in [2.45, 2.75) is 26.2 Å². The molecule has 1 fully saturated rings. The Morgan fingerprint density at radius 1 is 1.32 bits per heavy atom. The minimum absolute atomic E-state index is 0.0234. The lowest BCUT2D eigenvalue weighted by molar-refractivity contribution is -0.126. The van der Waals surface area contributed by atoms with Crippen molar-refractivity contribution in [2.75, 3.05) is 16.8 Å². The fourth-order valence-corrected chi connectivity index (χ4v) is 2.91. The third-order valence-electron chi connectivity index (χ3n) is 4.02. The molecule has 4 heteroatoms. The molecule has 100 valence electrons. The van der Waals surface area contributed by atoms with Gasteiger partial charge in [-0.15, -0.1) is 0 Å². The number of benzene rings is 1. The fraction of sp³-hybridized carbons (Fsp3) is 0.467. The molecule has 0 radical (unpaired) electrons. The maximum Gasteiger partial charge on any atom is 0.230 e. The predicted molar refractivity (Wildman–Crippen MR) is 73.9 cm³/mol. The molecule has 1 heterocycles. The zero-order valence-corrected chi connectivity index (χ0v) is 11.1. The molecule has 3 rings (SSSR count). The van der Waals surface area contributed by atoms with E-state index in [1.54, 1.807) is 4.90 Å². The van der Waals surface area contributed by atoms with Gasteiger partial charge in [0.2, 0.25) is 11.8 Å². The largest absolute Gasteiger partial charge is 0.324 e. The molecule has 0 atom stereocenters. The number of fused-ring (bicyclic) bond motifs is 1. The number of rotatable bonds is 1. The van der Waals surface area contributed by atoms with Gasteiger partial charge in [-0.05, 0) is 30.9 Å². The number of carbonyl (C=O) groups is 2. The van der Waals surface area contributed by atoms with Gasteiger partial charge in [0.15, 0.2) is 0 Å². The molecule has 4 nitrogen and oxygen atoms in total. The zero-order chi connectivity index (χ0) is 13.4. The van der Waals surface area contributed by atoms with Gasteiger partial charge in [-0.1, -0.05) is 19.1 Å². The Morgan fingerprint density at radius 3 is 2.79 bits per heavy atom. The summed E-state index contributed by atoms with van der Waals surface area (Å²) in [4.78, 5) is 26.0. The number of carbonyl (C=O) groups excluding carboxylic acids is 2. The fourth-order valence-electron chi connectivity index (χ4n) is 2.91. The van der Waals surface area contributed by atoms with Gasteiger partial charge in [-0.25, -0.2) is 0 Å². The molecule has 0 spiro atoms. The summed E-state index contributed by atoms with van der Waals surface area (Å²) in [5.74, 6) is 0.930. The Bertz CT molecular complexity index is 521. The highest BCUT2D eigenvalue weighted by atomic mass is 16.2. The van der Waals surface area contributed by atoms with Crippen molar-refractivity contribution in [3.63, 3.8) is 0 Å². The van der Waals surface area contributed by atoms with Crippen molar-refractivity contribution >= 4 is 23.2 Å². The standard InChI is InChI=1S/C15H18N2O2/c1-10-8-11(9-10)15(19)17-7-6-14(18)16-12-4-2-3-5-13(12)17/h2-5,10-11H,6-9H2,1H3,(H,16,18). The second-order valence-electron chi connectivity index (χ2n) is 5.58. The van der Waals surface area contributed by atoms with Crippen molar-refractivity contribution < 1.29 is 9.59 Å². The topological polar surface area (TPSA) is 49.4 Å². The summed E-state index contributed by atoms with van der Waals surface area (Å²) in [6.07, 6.45) is 2.31. The number of nitrogens with zero attached hydrogens (tertiary/aromatic N) is 1. The van der Waals surface area contributed by atoms with E-state index in [0.29, 0.717) is 18.9 Å². The summed E-state index contributed by atoms with van der Waals surface area (Å²) < 4.78 is 0. The minimum Gasteiger partial charge on any atom is -0.324 e. The van der Waals surface area contributed by atoms with Crippen molar-refractivity contribution in [1.29, 1.82) is 0 Å². The van der Waals surface area contributed by atoms with Crippen LogP contribution in [0.3, 0.4) is 0 Å². The van der Waals surface area contributed by atoms with Crippen molar-refractivity contribution in [2.24, 2.45) is 11.8 Å². The molecule has 1 aliphatic heterocycles. The molecule has 1 N–H and O–H groups in total. The summed E-state index contributed by atoms with van der Waals surface area (Å²) in [6, 6.07) is 7.53. The number of anilines is 2. The van der Waals surface area contributed by atoms with Gasteiger partial charge in [0, 0.05) is 18.9 Å². The molecular weight excluding hydrogens is 240 g/mol. The van der Waals surface area contributed by atoms with E-state index < -0.39 is 0 Å². The second-order valence-corrected chi connectivity index (χ2v) is 5.58. The molecule has 0 bridgehead atoms. The van der Waals surface area contributed by atoms with Crippen LogP contribution in [-0.2, 0) is 9.59 Å². The first-order valence-corrected chi connectivity index (χ1v) is 6.85. The molecule has 2 amide bonds. The number of amides is 2. The summed E-state index contributed by atoms with van der Waals surface area (Å²) in [6.45, 7) is 2.65. The van der Waals surface area contributed by atoms with Gasteiger partial charge in [0.05, 0.1) is 11.4 Å². The third kappa shape index (κ3) is 2.23. The monoisotopic (exact) mass is 258 g/mol. The highest BCUT2D eigenvalue weighted by Gasteiger charge is 2.36. The Labute approximate surface area is 112 Å². The molecule has 1 aromatic rings. The van der Waals surface area contributed by atoms with Crippen molar-refractivity contribution in [1.82, 2.24) is 0 Å². The molecule has 19 heavy (non-hydrogen) atoms. The van der Waals surface area contributed by atoms with Gasteiger partial charge in [0.1, 0.15) is 0 Å². The van der Waals surface area contributed by atoms with E-state index in [0.717, 1.165) is 24.2 Å². The second kappa shape index (κ2) is 4.68. The molecule has 2 aliphatic rings. The molecular formula is C15H18N2O2. The first-order chi connectivity index (χ1) is 9.15. The molecule has 1 aromatic carbocycles. The van der Waals surface area contributed by atoms with E-state index >= 15 is 0 Å². The van der Waals surface area contributed by atoms with Crippen LogP contribution in [0.15, 0.2) is 24.3 Å². The van der Waals surface area contributed by atoms with Gasteiger partial charge in [0.25, 0.3) is 0 Å². The summed E-state index contributed by atoms with van der Waals surface area (Å²) in [7, 11) is 0. The van der Waals surface area contributed by atoms with Crippen molar-refractivity contribution in [3.8, 4) is 0 Å². The van der Waals surface area contributed by atoms with E-state index in [9.17, 15) is 9.59 Å². The van der Waals surface area contributed by atoms with Crippen LogP contribution < -0.4 is 10.2 Å². The Morgan fingerprint density at radius 2 is 2.05 bits per heavy atom. The van der Waals surface area contributed by atoms with E-state index in [-0.39, 0.29) is 17.7 Å². The van der Waals surface area contributed by atoms with Gasteiger partial charge >= 0.3 is 0 Å². The van der Waals surface area contributed by atoms with E-state index in [4.69, 9.17) is 0 Å². The number of hydrogen-bond acceptors (Lipinski definition) is 2. The van der Waals surface area contributed by atoms with E-state index in [1.165, 1.54) is 0 Å². The smallest absolute Gasteiger partial charge is 0.230 e. The lowest BCUT2D eigenvalue weighted by atomic mass is 9.75. The normalized spacial score (nSPS) is 25.9. The Hall–Kier alpha value is -1.84. The van der Waals surface area contributed by atoms with Crippen LogP contribution in [0.4, 0.5) is 11.4 Å². The van der Waals surface area contributed by atoms with Gasteiger partial charge in [-0.2, -0.15) is 0 Å². The van der Waals surface area contributed by atoms with Crippen LogP contribution in [-0.4, -0.2) is 18.4 Å². The lowest BCUT2D eigenvalue weighted by Gasteiger charge is -2.35. The van der Waals surface area contributed by atoms with Crippen LogP contribution in [0.2, 0.25) is 0 Å². The first kappa shape index (κ1) is 12.2. The number of hydrogen-bond donors (Lipinski definition) is 1. The maximum absolute atomic E-state index is 12.5. The van der Waals surface area contributed by atoms with Crippen LogP contribution in [0.1, 0.15) is 26.2 Å².